The normalized spacial score (nSPS) is 13.5. The first kappa shape index (κ1) is 28.7. The van der Waals surface area contributed by atoms with E-state index in [1.54, 1.807) is 41.2 Å². The largest absolute Gasteiger partial charge is 0.477 e. The van der Waals surface area contributed by atoms with Gasteiger partial charge in [-0.05, 0) is 42.8 Å². The van der Waals surface area contributed by atoms with Crippen molar-refractivity contribution in [1.29, 1.82) is 0 Å². The molecule has 1 aliphatic rings. The second kappa shape index (κ2) is 13.2. The van der Waals surface area contributed by atoms with Crippen LogP contribution in [0.1, 0.15) is 22.8 Å². The summed E-state index contributed by atoms with van der Waals surface area (Å²) in [6, 6.07) is 13.9. The van der Waals surface area contributed by atoms with E-state index in [2.05, 4.69) is 31.2 Å². The Kier molecular flexibility index (Phi) is 9.05. The van der Waals surface area contributed by atoms with E-state index in [0.717, 1.165) is 43.9 Å². The summed E-state index contributed by atoms with van der Waals surface area (Å²) in [7, 11) is 0. The van der Waals surface area contributed by atoms with Crippen LogP contribution in [0.4, 0.5) is 16.3 Å². The molecule has 0 saturated carbocycles. The highest BCUT2D eigenvalue weighted by atomic mass is 16.4. The van der Waals surface area contributed by atoms with Crippen LogP contribution in [0.15, 0.2) is 65.7 Å². The lowest BCUT2D eigenvalue weighted by Crippen LogP contribution is -2.45. The van der Waals surface area contributed by atoms with Gasteiger partial charge in [0.25, 0.3) is 0 Å². The summed E-state index contributed by atoms with van der Waals surface area (Å²) in [5.41, 5.74) is 2.46. The molecule has 0 bridgehead atoms. The summed E-state index contributed by atoms with van der Waals surface area (Å²) in [4.78, 5) is 49.0. The van der Waals surface area contributed by atoms with Gasteiger partial charge in [-0.3, -0.25) is 14.7 Å². The zero-order valence-corrected chi connectivity index (χ0v) is 23.4. The Morgan fingerprint density at radius 3 is 2.55 bits per heavy atom. The minimum atomic E-state index is -1.27. The van der Waals surface area contributed by atoms with Gasteiger partial charge in [0.1, 0.15) is 17.0 Å². The fourth-order valence-electron chi connectivity index (χ4n) is 5.02. The predicted molar refractivity (Wildman–Crippen MR) is 162 cm³/mol. The predicted octanol–water partition coefficient (Wildman–Crippen LogP) is 2.82. The van der Waals surface area contributed by atoms with Gasteiger partial charge in [-0.2, -0.15) is 0 Å². The zero-order chi connectivity index (χ0) is 29.5. The topological polar surface area (TPSA) is 154 Å². The number of carboxylic acids is 1. The lowest BCUT2D eigenvalue weighted by molar-refractivity contribution is 0.0696. The standard InChI is InChI=1S/C30H34N8O4/c1-2-38-27-23(26(39)25(29(40)41)28(38)33-14-17-37-15-12-31-13-16-37)9-10-24(36-27)21-5-7-22(8-6-21)35-30(42)34-19-20-4-3-11-32-18-20/h3-11,18,31,33H,2,12-17,19H2,1H3,(H,40,41)(H2,34,35,42). The van der Waals surface area contributed by atoms with Crippen molar-refractivity contribution in [1.82, 2.24) is 30.1 Å². The number of benzene rings is 1. The van der Waals surface area contributed by atoms with Crippen molar-refractivity contribution >= 4 is 34.5 Å². The highest BCUT2D eigenvalue weighted by molar-refractivity contribution is 5.98. The molecule has 2 amide bonds. The second-order valence-corrected chi connectivity index (χ2v) is 9.93. The van der Waals surface area contributed by atoms with Crippen LogP contribution < -0.4 is 26.7 Å². The highest BCUT2D eigenvalue weighted by Gasteiger charge is 2.23. The molecule has 3 aromatic heterocycles. The number of piperazine rings is 1. The van der Waals surface area contributed by atoms with Crippen LogP contribution in [0, 0.1) is 0 Å². The Hall–Kier alpha value is -4.81. The molecule has 4 aromatic rings. The number of carboxylic acid groups (broad SMARTS) is 1. The number of fused-ring (bicyclic) bond motifs is 1. The molecule has 1 fully saturated rings. The molecule has 1 aliphatic heterocycles. The number of amides is 2. The summed E-state index contributed by atoms with van der Waals surface area (Å²) in [5.74, 6) is -1.01. The molecular weight excluding hydrogens is 536 g/mol. The van der Waals surface area contributed by atoms with E-state index in [1.165, 1.54) is 0 Å². The Morgan fingerprint density at radius 1 is 1.07 bits per heavy atom. The summed E-state index contributed by atoms with van der Waals surface area (Å²) >= 11 is 0. The first-order valence-corrected chi connectivity index (χ1v) is 14.0. The van der Waals surface area contributed by atoms with E-state index in [-0.39, 0.29) is 22.8 Å². The highest BCUT2D eigenvalue weighted by Crippen LogP contribution is 2.25. The number of urea groups is 1. The van der Waals surface area contributed by atoms with E-state index < -0.39 is 11.4 Å². The van der Waals surface area contributed by atoms with Gasteiger partial charge in [0.15, 0.2) is 0 Å². The fraction of sp³-hybridized carbons (Fsp3) is 0.300. The number of nitrogens with zero attached hydrogens (tertiary/aromatic N) is 4. The molecular formula is C30H34N8O4. The number of rotatable bonds is 10. The number of carbonyl (C=O) groups excluding carboxylic acids is 1. The van der Waals surface area contributed by atoms with Crippen molar-refractivity contribution in [3.63, 3.8) is 0 Å². The van der Waals surface area contributed by atoms with Crippen molar-refractivity contribution in [3.8, 4) is 11.3 Å². The van der Waals surface area contributed by atoms with E-state index in [1.807, 2.05) is 31.2 Å². The maximum Gasteiger partial charge on any atom is 0.343 e. The van der Waals surface area contributed by atoms with Crippen LogP contribution in [0.3, 0.4) is 0 Å². The molecule has 12 nitrogen and oxygen atoms in total. The third kappa shape index (κ3) is 6.56. The Morgan fingerprint density at radius 2 is 1.86 bits per heavy atom. The summed E-state index contributed by atoms with van der Waals surface area (Å²) in [5, 5.41) is 22.4. The van der Waals surface area contributed by atoms with Crippen molar-refractivity contribution in [2.75, 3.05) is 49.9 Å². The van der Waals surface area contributed by atoms with Crippen LogP contribution in [0.2, 0.25) is 0 Å². The monoisotopic (exact) mass is 570 g/mol. The van der Waals surface area contributed by atoms with Crippen LogP contribution in [-0.2, 0) is 13.1 Å². The first-order valence-electron chi connectivity index (χ1n) is 14.0. The molecule has 0 spiro atoms. The Bertz CT molecular complexity index is 1620. The third-order valence-corrected chi connectivity index (χ3v) is 7.18. The summed E-state index contributed by atoms with van der Waals surface area (Å²) < 4.78 is 1.75. The van der Waals surface area contributed by atoms with E-state index in [4.69, 9.17) is 4.98 Å². The first-order chi connectivity index (χ1) is 20.4. The SMILES string of the molecule is CCn1c(NCCN2CCNCC2)c(C(=O)O)c(=O)c2ccc(-c3ccc(NC(=O)NCc4cccnc4)cc3)nc21. The molecule has 0 radical (unpaired) electrons. The molecule has 1 aromatic carbocycles. The minimum absolute atomic E-state index is 0.245. The lowest BCUT2D eigenvalue weighted by atomic mass is 10.1. The molecule has 0 aliphatic carbocycles. The van der Waals surface area contributed by atoms with Gasteiger partial charge in [0.2, 0.25) is 5.43 Å². The number of carbonyl (C=O) groups is 2. The number of hydrogen-bond donors (Lipinski definition) is 5. The molecule has 42 heavy (non-hydrogen) atoms. The zero-order valence-electron chi connectivity index (χ0n) is 23.4. The van der Waals surface area contributed by atoms with E-state index in [9.17, 15) is 19.5 Å². The van der Waals surface area contributed by atoms with Gasteiger partial charge in [-0.1, -0.05) is 18.2 Å². The van der Waals surface area contributed by atoms with Gasteiger partial charge in [-0.15, -0.1) is 0 Å². The maximum absolute atomic E-state index is 13.3. The molecule has 5 N–H and O–H groups in total. The number of nitrogens with one attached hydrogen (secondary N) is 4. The number of aromatic carboxylic acids is 1. The molecule has 1 saturated heterocycles. The van der Waals surface area contributed by atoms with Crippen molar-refractivity contribution in [2.45, 2.75) is 20.0 Å². The fourth-order valence-corrected chi connectivity index (χ4v) is 5.02. The second-order valence-electron chi connectivity index (χ2n) is 9.93. The van der Waals surface area contributed by atoms with Crippen molar-refractivity contribution in [3.05, 3.63) is 82.3 Å². The number of pyridine rings is 3. The maximum atomic E-state index is 13.3. The molecule has 5 rings (SSSR count). The van der Waals surface area contributed by atoms with Crippen molar-refractivity contribution < 1.29 is 14.7 Å². The number of hydrogen-bond acceptors (Lipinski definition) is 8. The van der Waals surface area contributed by atoms with Gasteiger partial charge in [-0.25, -0.2) is 14.6 Å². The van der Waals surface area contributed by atoms with Crippen LogP contribution in [0.5, 0.6) is 0 Å². The summed E-state index contributed by atoms with van der Waals surface area (Å²) in [6.07, 6.45) is 3.37. The Labute approximate surface area is 242 Å². The lowest BCUT2D eigenvalue weighted by Gasteiger charge is -2.27. The molecule has 0 unspecified atom stereocenters. The van der Waals surface area contributed by atoms with E-state index in [0.29, 0.717) is 36.7 Å². The quantitative estimate of drug-likeness (QED) is 0.194. The average molecular weight is 571 g/mol. The van der Waals surface area contributed by atoms with Gasteiger partial charge in [0.05, 0.1) is 11.1 Å². The third-order valence-electron chi connectivity index (χ3n) is 7.18. The number of aromatic nitrogens is 3. The minimum Gasteiger partial charge on any atom is -0.477 e. The molecule has 218 valence electrons. The average Bonchev–Trinajstić information content (AvgIpc) is 3.01. The van der Waals surface area contributed by atoms with Gasteiger partial charge in [0, 0.05) is 76.0 Å². The summed E-state index contributed by atoms with van der Waals surface area (Å²) in [6.45, 7) is 7.56. The molecule has 4 heterocycles. The Balaban J connectivity index is 1.36. The van der Waals surface area contributed by atoms with Gasteiger partial charge < -0.3 is 30.9 Å². The molecule has 12 heteroatoms. The van der Waals surface area contributed by atoms with E-state index >= 15 is 0 Å². The van der Waals surface area contributed by atoms with Crippen LogP contribution >= 0.6 is 0 Å². The smallest absolute Gasteiger partial charge is 0.343 e. The molecule has 0 atom stereocenters. The van der Waals surface area contributed by atoms with Crippen molar-refractivity contribution in [2.24, 2.45) is 0 Å². The van der Waals surface area contributed by atoms with Gasteiger partial charge >= 0.3 is 12.0 Å². The van der Waals surface area contributed by atoms with Crippen LogP contribution in [-0.4, -0.2) is 75.8 Å². The van der Waals surface area contributed by atoms with Crippen LogP contribution in [0.25, 0.3) is 22.3 Å². The number of anilines is 2. The number of aryl methyl sites for hydroxylation is 1.